The lowest BCUT2D eigenvalue weighted by atomic mass is 9.72. The number of amides is 2. The monoisotopic (exact) mass is 466 g/mol. The van der Waals surface area contributed by atoms with Crippen LogP contribution in [-0.2, 0) is 12.8 Å². The Bertz CT molecular complexity index is 1120. The molecule has 4 rings (SSSR count). The molecule has 0 saturated carbocycles. The normalized spacial score (nSPS) is 15.6. The van der Waals surface area contributed by atoms with Crippen molar-refractivity contribution >= 4 is 33.8 Å². The van der Waals surface area contributed by atoms with Crippen LogP contribution in [0.2, 0.25) is 0 Å². The molecule has 0 unspecified atom stereocenters. The van der Waals surface area contributed by atoms with Crippen LogP contribution < -0.4 is 15.4 Å². The van der Waals surface area contributed by atoms with Crippen molar-refractivity contribution in [1.29, 1.82) is 0 Å². The van der Waals surface area contributed by atoms with Crippen LogP contribution in [-0.4, -0.2) is 18.4 Å². The second kappa shape index (κ2) is 9.43. The Hall–Kier alpha value is -3.06. The summed E-state index contributed by atoms with van der Waals surface area (Å²) >= 11 is 1.50. The zero-order chi connectivity index (χ0) is 23.6. The highest BCUT2D eigenvalue weighted by Gasteiger charge is 2.34. The van der Waals surface area contributed by atoms with Gasteiger partial charge in [-0.05, 0) is 79.5 Å². The fraction of sp³-hybridized carbons (Fsp3) is 0.385. The summed E-state index contributed by atoms with van der Waals surface area (Å²) in [7, 11) is 0. The maximum atomic E-state index is 13.4. The number of anilines is 2. The summed E-state index contributed by atoms with van der Waals surface area (Å²) in [5, 5.41) is 6.48. The number of furan rings is 1. The highest BCUT2D eigenvalue weighted by Crippen LogP contribution is 2.44. The van der Waals surface area contributed by atoms with Crippen LogP contribution in [0.15, 0.2) is 47.1 Å². The molecule has 2 amide bonds. The Balaban J connectivity index is 1.63. The first-order valence-electron chi connectivity index (χ1n) is 11.3. The number of carbonyl (C=O) groups is 2. The van der Waals surface area contributed by atoms with Gasteiger partial charge >= 0.3 is 0 Å². The van der Waals surface area contributed by atoms with Gasteiger partial charge in [-0.1, -0.05) is 20.8 Å². The van der Waals surface area contributed by atoms with Gasteiger partial charge in [0.15, 0.2) is 5.76 Å². The van der Waals surface area contributed by atoms with E-state index in [1.165, 1.54) is 22.5 Å². The molecule has 2 N–H and O–H groups in total. The molecule has 1 aliphatic carbocycles. The van der Waals surface area contributed by atoms with E-state index in [4.69, 9.17) is 9.15 Å². The number of benzene rings is 1. The van der Waals surface area contributed by atoms with Crippen LogP contribution in [0.5, 0.6) is 5.75 Å². The summed E-state index contributed by atoms with van der Waals surface area (Å²) in [6.45, 7) is 9.29. The van der Waals surface area contributed by atoms with Gasteiger partial charge in [-0.3, -0.25) is 9.59 Å². The van der Waals surface area contributed by atoms with Crippen LogP contribution in [0.4, 0.5) is 10.7 Å². The van der Waals surface area contributed by atoms with Crippen LogP contribution in [0.1, 0.15) is 65.5 Å². The minimum atomic E-state index is -0.360. The van der Waals surface area contributed by atoms with E-state index >= 15 is 0 Å². The Labute approximate surface area is 198 Å². The third kappa shape index (κ3) is 5.14. The number of nitrogens with one attached hydrogen (secondary N) is 2. The van der Waals surface area contributed by atoms with Gasteiger partial charge in [0.05, 0.1) is 18.4 Å². The molecule has 0 spiro atoms. The highest BCUT2D eigenvalue weighted by atomic mass is 32.1. The second-order valence-corrected chi connectivity index (χ2v) is 10.5. The number of hydrogen-bond acceptors (Lipinski definition) is 5. The first-order valence-corrected chi connectivity index (χ1v) is 12.1. The van der Waals surface area contributed by atoms with Gasteiger partial charge in [-0.25, -0.2) is 0 Å². The maximum absolute atomic E-state index is 13.4. The predicted molar refractivity (Wildman–Crippen MR) is 132 cm³/mol. The summed E-state index contributed by atoms with van der Waals surface area (Å²) in [6, 6.07) is 10.6. The van der Waals surface area contributed by atoms with Crippen LogP contribution in [0, 0.1) is 11.3 Å². The van der Waals surface area contributed by atoms with Crippen molar-refractivity contribution in [2.45, 2.75) is 47.0 Å². The second-order valence-electron chi connectivity index (χ2n) is 9.36. The van der Waals surface area contributed by atoms with Gasteiger partial charge in [0, 0.05) is 10.6 Å². The molecule has 1 atom stereocenters. The molecule has 7 heteroatoms. The number of ether oxygens (including phenoxy) is 1. The van der Waals surface area contributed by atoms with Crippen molar-refractivity contribution in [1.82, 2.24) is 0 Å². The number of fused-ring (bicyclic) bond motifs is 1. The molecule has 174 valence electrons. The van der Waals surface area contributed by atoms with Crippen molar-refractivity contribution in [2.24, 2.45) is 11.3 Å². The summed E-state index contributed by atoms with van der Waals surface area (Å²) in [4.78, 5) is 27.3. The minimum absolute atomic E-state index is 0.185. The van der Waals surface area contributed by atoms with Crippen molar-refractivity contribution in [2.75, 3.05) is 17.2 Å². The lowest BCUT2D eigenvalue weighted by Gasteiger charge is -2.33. The molecule has 1 aromatic carbocycles. The molecular formula is C26H30N2O4S. The van der Waals surface area contributed by atoms with Gasteiger partial charge < -0.3 is 19.8 Å². The standard InChI is InChI=1S/C26H30N2O4S/c1-5-31-18-11-9-17(10-12-18)27-24(30)22-19-13-8-16(26(2,3)4)15-21(19)33-25(22)28-23(29)20-7-6-14-32-20/h6-7,9-12,14,16H,5,8,13,15H2,1-4H3,(H,27,30)(H,28,29)/t16-/m1/s1. The fourth-order valence-corrected chi connectivity index (χ4v) is 5.54. The van der Waals surface area contributed by atoms with E-state index < -0.39 is 0 Å². The minimum Gasteiger partial charge on any atom is -0.494 e. The summed E-state index contributed by atoms with van der Waals surface area (Å²) in [6.07, 6.45) is 4.20. The molecule has 2 aromatic heterocycles. The topological polar surface area (TPSA) is 80.6 Å². The lowest BCUT2D eigenvalue weighted by Crippen LogP contribution is -2.27. The number of rotatable bonds is 6. The van der Waals surface area contributed by atoms with Crippen LogP contribution >= 0.6 is 11.3 Å². The van der Waals surface area contributed by atoms with E-state index in [9.17, 15) is 9.59 Å². The van der Waals surface area contributed by atoms with E-state index in [-0.39, 0.29) is 23.0 Å². The van der Waals surface area contributed by atoms with Gasteiger partial charge in [-0.15, -0.1) is 11.3 Å². The molecule has 3 aromatic rings. The Kier molecular flexibility index (Phi) is 6.61. The number of thiophene rings is 1. The van der Waals surface area contributed by atoms with Crippen molar-refractivity contribution in [3.8, 4) is 5.75 Å². The lowest BCUT2D eigenvalue weighted by molar-refractivity contribution is 0.0997. The predicted octanol–water partition coefficient (Wildman–Crippen LogP) is 6.40. The van der Waals surface area contributed by atoms with Gasteiger partial charge in [0.25, 0.3) is 11.8 Å². The van der Waals surface area contributed by atoms with E-state index in [1.807, 2.05) is 31.2 Å². The van der Waals surface area contributed by atoms with E-state index in [1.54, 1.807) is 12.1 Å². The Morgan fingerprint density at radius 2 is 1.88 bits per heavy atom. The Morgan fingerprint density at radius 3 is 2.52 bits per heavy atom. The Morgan fingerprint density at radius 1 is 1.12 bits per heavy atom. The number of carbonyl (C=O) groups excluding carboxylic acids is 2. The molecular weight excluding hydrogens is 436 g/mol. The molecule has 6 nitrogen and oxygen atoms in total. The summed E-state index contributed by atoms with van der Waals surface area (Å²) < 4.78 is 10.7. The third-order valence-electron chi connectivity index (χ3n) is 6.11. The largest absolute Gasteiger partial charge is 0.494 e. The maximum Gasteiger partial charge on any atom is 0.291 e. The fourth-order valence-electron chi connectivity index (χ4n) is 4.22. The smallest absolute Gasteiger partial charge is 0.291 e. The third-order valence-corrected chi connectivity index (χ3v) is 7.28. The van der Waals surface area contributed by atoms with Crippen LogP contribution in [0.25, 0.3) is 0 Å². The van der Waals surface area contributed by atoms with Gasteiger partial charge in [0.1, 0.15) is 10.8 Å². The highest BCUT2D eigenvalue weighted by molar-refractivity contribution is 7.17. The molecule has 0 bridgehead atoms. The van der Waals surface area contributed by atoms with Crippen molar-refractivity contribution in [3.63, 3.8) is 0 Å². The van der Waals surface area contributed by atoms with Gasteiger partial charge in [-0.2, -0.15) is 0 Å². The van der Waals surface area contributed by atoms with E-state index in [0.717, 1.165) is 30.6 Å². The first-order chi connectivity index (χ1) is 15.8. The van der Waals surface area contributed by atoms with Crippen molar-refractivity contribution < 1.29 is 18.7 Å². The quantitative estimate of drug-likeness (QED) is 0.441. The number of hydrogen-bond donors (Lipinski definition) is 2. The van der Waals surface area contributed by atoms with E-state index in [2.05, 4.69) is 31.4 Å². The zero-order valence-corrected chi connectivity index (χ0v) is 20.3. The molecule has 1 aliphatic rings. The first kappa shape index (κ1) is 23.1. The summed E-state index contributed by atoms with van der Waals surface area (Å²) in [5.74, 6) is 0.913. The molecule has 0 radical (unpaired) electrons. The zero-order valence-electron chi connectivity index (χ0n) is 19.5. The van der Waals surface area contributed by atoms with Crippen molar-refractivity contribution in [3.05, 3.63) is 64.4 Å². The molecule has 2 heterocycles. The SMILES string of the molecule is CCOc1ccc(NC(=O)c2c(NC(=O)c3ccco3)sc3c2CC[C@@H](C(C)(C)C)C3)cc1. The van der Waals surface area contributed by atoms with E-state index in [0.29, 0.717) is 28.8 Å². The average molecular weight is 467 g/mol. The molecule has 0 fully saturated rings. The molecule has 33 heavy (non-hydrogen) atoms. The molecule has 0 aliphatic heterocycles. The van der Waals surface area contributed by atoms with Crippen LogP contribution in [0.3, 0.4) is 0 Å². The van der Waals surface area contributed by atoms with Gasteiger partial charge in [0.2, 0.25) is 0 Å². The molecule has 0 saturated heterocycles. The summed E-state index contributed by atoms with van der Waals surface area (Å²) in [5.41, 5.74) is 2.45. The average Bonchev–Trinajstić information content (AvgIpc) is 3.42.